The Morgan fingerprint density at radius 2 is 2.17 bits per heavy atom. The number of nitrogens with two attached hydrogens (primary N) is 2. The minimum Gasteiger partial charge on any atom is -0.508 e. The van der Waals surface area contributed by atoms with Crippen LogP contribution in [0, 0.1) is 0 Å². The maximum Gasteiger partial charge on any atom is 0.231 e. The summed E-state index contributed by atoms with van der Waals surface area (Å²) < 4.78 is 0. The molecule has 1 aromatic rings. The number of aromatic hydroxyl groups is 1. The predicted octanol–water partition coefficient (Wildman–Crippen LogP) is 1.06. The molecule has 5 N–H and O–H groups in total. The lowest BCUT2D eigenvalue weighted by Crippen LogP contribution is -2.34. The molecule has 1 aromatic carbocycles. The van der Waals surface area contributed by atoms with Crippen molar-refractivity contribution in [1.29, 1.82) is 0 Å². The van der Waals surface area contributed by atoms with Crippen molar-refractivity contribution in [3.63, 3.8) is 0 Å². The molecular weight excluding hydrogens is 230 g/mol. The number of amides is 1. The van der Waals surface area contributed by atoms with Gasteiger partial charge in [0.25, 0.3) is 0 Å². The number of hydrogen-bond donors (Lipinski definition) is 3. The van der Waals surface area contributed by atoms with Crippen LogP contribution in [0.15, 0.2) is 18.2 Å². The largest absolute Gasteiger partial charge is 0.508 e. The van der Waals surface area contributed by atoms with E-state index in [0.29, 0.717) is 17.8 Å². The van der Waals surface area contributed by atoms with E-state index in [1.807, 2.05) is 4.90 Å². The number of rotatable bonds is 7. The number of phenolic OH excluding ortho intramolecular Hbond substituents is 1. The highest BCUT2D eigenvalue weighted by molar-refractivity contribution is 5.75. The summed E-state index contributed by atoms with van der Waals surface area (Å²) in [6.07, 6.45) is 2.02. The zero-order valence-electron chi connectivity index (χ0n) is 10.7. The van der Waals surface area contributed by atoms with E-state index in [1.54, 1.807) is 18.2 Å². The van der Waals surface area contributed by atoms with E-state index in [1.165, 1.54) is 0 Å². The second-order valence-corrected chi connectivity index (χ2v) is 4.42. The van der Waals surface area contributed by atoms with Crippen molar-refractivity contribution in [2.24, 2.45) is 5.73 Å². The lowest BCUT2D eigenvalue weighted by Gasteiger charge is -2.21. The topological polar surface area (TPSA) is 92.6 Å². The minimum atomic E-state index is -0.366. The third-order valence-corrected chi connectivity index (χ3v) is 2.70. The second-order valence-electron chi connectivity index (χ2n) is 4.42. The van der Waals surface area contributed by atoms with Crippen molar-refractivity contribution in [2.75, 3.05) is 18.8 Å². The van der Waals surface area contributed by atoms with Gasteiger partial charge in [0, 0.05) is 17.8 Å². The highest BCUT2D eigenvalue weighted by Gasteiger charge is 2.11. The molecule has 1 amide bonds. The molecule has 5 heteroatoms. The zero-order valence-corrected chi connectivity index (χ0v) is 10.7. The first-order chi connectivity index (χ1) is 8.52. The molecule has 0 spiro atoms. The fourth-order valence-electron chi connectivity index (χ4n) is 1.79. The summed E-state index contributed by atoms with van der Waals surface area (Å²) in [5.41, 5.74) is 12.2. The Balaban J connectivity index is 2.74. The fourth-order valence-corrected chi connectivity index (χ4v) is 1.79. The summed E-state index contributed by atoms with van der Waals surface area (Å²) >= 11 is 0. The van der Waals surface area contributed by atoms with E-state index in [2.05, 4.69) is 6.92 Å². The van der Waals surface area contributed by atoms with Crippen LogP contribution in [0.3, 0.4) is 0 Å². The van der Waals surface area contributed by atoms with E-state index in [4.69, 9.17) is 11.5 Å². The molecule has 0 aliphatic rings. The van der Waals surface area contributed by atoms with Gasteiger partial charge in [0.2, 0.25) is 5.91 Å². The summed E-state index contributed by atoms with van der Waals surface area (Å²) in [6.45, 7) is 3.52. The van der Waals surface area contributed by atoms with Crippen molar-refractivity contribution < 1.29 is 9.90 Å². The first kappa shape index (κ1) is 14.3. The van der Waals surface area contributed by atoms with Crippen molar-refractivity contribution in [3.05, 3.63) is 23.8 Å². The maximum absolute atomic E-state index is 11.0. The fraction of sp³-hybridized carbons (Fsp3) is 0.462. The van der Waals surface area contributed by atoms with Gasteiger partial charge in [-0.15, -0.1) is 0 Å². The van der Waals surface area contributed by atoms with Gasteiger partial charge in [0.15, 0.2) is 0 Å². The quantitative estimate of drug-likeness (QED) is 0.499. The first-order valence-electron chi connectivity index (χ1n) is 6.11. The molecule has 0 aliphatic carbocycles. The van der Waals surface area contributed by atoms with Crippen LogP contribution in [0.25, 0.3) is 0 Å². The monoisotopic (exact) mass is 251 g/mol. The van der Waals surface area contributed by atoms with Gasteiger partial charge in [0.1, 0.15) is 5.75 Å². The minimum absolute atomic E-state index is 0.189. The smallest absolute Gasteiger partial charge is 0.231 e. The van der Waals surface area contributed by atoms with Crippen molar-refractivity contribution >= 4 is 11.6 Å². The zero-order chi connectivity index (χ0) is 13.5. The van der Waals surface area contributed by atoms with Crippen LogP contribution in [0.4, 0.5) is 5.69 Å². The van der Waals surface area contributed by atoms with Gasteiger partial charge in [-0.05, 0) is 31.2 Å². The second kappa shape index (κ2) is 6.86. The number of benzene rings is 1. The molecule has 0 bridgehead atoms. The Bertz CT molecular complexity index is 407. The molecule has 0 fully saturated rings. The summed E-state index contributed by atoms with van der Waals surface area (Å²) in [5, 5.41) is 9.74. The Hall–Kier alpha value is -1.75. The molecule has 18 heavy (non-hydrogen) atoms. The molecular formula is C13H21N3O2. The molecule has 0 saturated carbocycles. The molecule has 0 atom stereocenters. The Morgan fingerprint density at radius 1 is 1.44 bits per heavy atom. The van der Waals surface area contributed by atoms with Gasteiger partial charge in [-0.25, -0.2) is 0 Å². The van der Waals surface area contributed by atoms with Gasteiger partial charge in [-0.2, -0.15) is 0 Å². The highest BCUT2D eigenvalue weighted by Crippen LogP contribution is 2.21. The lowest BCUT2D eigenvalue weighted by molar-refractivity contribution is -0.119. The number of nitrogen functional groups attached to an aromatic ring is 1. The van der Waals surface area contributed by atoms with E-state index in [0.717, 1.165) is 19.4 Å². The standard InChI is InChI=1S/C13H21N3O2/c1-2-3-6-16(9-13(15)18)8-10-7-11(14)4-5-12(10)17/h4-5,7,17H,2-3,6,8-9,14H2,1H3,(H2,15,18). The van der Waals surface area contributed by atoms with E-state index >= 15 is 0 Å². The van der Waals surface area contributed by atoms with Gasteiger partial charge < -0.3 is 16.6 Å². The molecule has 0 aliphatic heterocycles. The third-order valence-electron chi connectivity index (χ3n) is 2.70. The predicted molar refractivity (Wildman–Crippen MR) is 71.9 cm³/mol. The molecule has 5 nitrogen and oxygen atoms in total. The third kappa shape index (κ3) is 4.63. The Morgan fingerprint density at radius 3 is 2.78 bits per heavy atom. The number of primary amides is 1. The SMILES string of the molecule is CCCCN(CC(N)=O)Cc1cc(N)ccc1O. The van der Waals surface area contributed by atoms with Crippen molar-refractivity contribution in [2.45, 2.75) is 26.3 Å². The summed E-state index contributed by atoms with van der Waals surface area (Å²) in [6, 6.07) is 4.92. The highest BCUT2D eigenvalue weighted by atomic mass is 16.3. The van der Waals surface area contributed by atoms with Crippen LogP contribution < -0.4 is 11.5 Å². The van der Waals surface area contributed by atoms with Crippen molar-refractivity contribution in [3.8, 4) is 5.75 Å². The molecule has 0 saturated heterocycles. The Kier molecular flexibility index (Phi) is 5.45. The van der Waals surface area contributed by atoms with Gasteiger partial charge in [-0.3, -0.25) is 9.69 Å². The molecule has 0 aromatic heterocycles. The van der Waals surface area contributed by atoms with E-state index < -0.39 is 0 Å². The van der Waals surface area contributed by atoms with Crippen LogP contribution in [0.1, 0.15) is 25.3 Å². The molecule has 100 valence electrons. The maximum atomic E-state index is 11.0. The average molecular weight is 251 g/mol. The lowest BCUT2D eigenvalue weighted by atomic mass is 10.1. The molecule has 0 heterocycles. The Labute approximate surface area is 107 Å². The van der Waals surface area contributed by atoms with E-state index in [9.17, 15) is 9.90 Å². The number of carbonyl (C=O) groups excluding carboxylic acids is 1. The number of phenols is 1. The van der Waals surface area contributed by atoms with E-state index in [-0.39, 0.29) is 18.2 Å². The normalized spacial score (nSPS) is 10.8. The number of anilines is 1. The first-order valence-corrected chi connectivity index (χ1v) is 6.11. The number of hydrogen-bond acceptors (Lipinski definition) is 4. The molecule has 1 rings (SSSR count). The van der Waals surface area contributed by atoms with Crippen LogP contribution in [-0.2, 0) is 11.3 Å². The van der Waals surface area contributed by atoms with Crippen LogP contribution in [-0.4, -0.2) is 29.0 Å². The summed E-state index contributed by atoms with van der Waals surface area (Å²) in [7, 11) is 0. The van der Waals surface area contributed by atoms with Gasteiger partial charge >= 0.3 is 0 Å². The van der Waals surface area contributed by atoms with Gasteiger partial charge in [0.05, 0.1) is 6.54 Å². The van der Waals surface area contributed by atoms with Crippen LogP contribution >= 0.6 is 0 Å². The van der Waals surface area contributed by atoms with Crippen LogP contribution in [0.5, 0.6) is 5.75 Å². The van der Waals surface area contributed by atoms with Crippen molar-refractivity contribution in [1.82, 2.24) is 4.90 Å². The molecule has 0 radical (unpaired) electrons. The van der Waals surface area contributed by atoms with Crippen LogP contribution in [0.2, 0.25) is 0 Å². The average Bonchev–Trinajstić information content (AvgIpc) is 2.30. The number of unbranched alkanes of at least 4 members (excludes halogenated alkanes) is 1. The molecule has 0 unspecified atom stereocenters. The number of nitrogens with zero attached hydrogens (tertiary/aromatic N) is 1. The van der Waals surface area contributed by atoms with Gasteiger partial charge in [-0.1, -0.05) is 13.3 Å². The summed E-state index contributed by atoms with van der Waals surface area (Å²) in [5.74, 6) is -0.176. The number of carbonyl (C=O) groups is 1. The summed E-state index contributed by atoms with van der Waals surface area (Å²) in [4.78, 5) is 12.9.